The molecule has 0 N–H and O–H groups in total. The van der Waals surface area contributed by atoms with Gasteiger partial charge in [0.25, 0.3) is 0 Å². The smallest absolute Gasteiger partial charge is 0.162 e. The maximum Gasteiger partial charge on any atom is 0.162 e. The molecule has 0 bridgehead atoms. The first kappa shape index (κ1) is 15.7. The first-order valence-corrected chi connectivity index (χ1v) is 7.11. The largest absolute Gasteiger partial charge is 0.492 e. The van der Waals surface area contributed by atoms with E-state index in [1.807, 2.05) is 32.0 Å². The number of likely N-dealkylation sites (N-methyl/N-ethyl adjacent to an activating group) is 1. The van der Waals surface area contributed by atoms with Crippen LogP contribution >= 0.6 is 0 Å². The molecule has 0 aliphatic carbocycles. The quantitative estimate of drug-likeness (QED) is 0.674. The molecule has 0 unspecified atom stereocenters. The lowest BCUT2D eigenvalue weighted by atomic mass is 10.0. The minimum Gasteiger partial charge on any atom is -0.492 e. The highest BCUT2D eigenvalue weighted by Crippen LogP contribution is 2.18. The predicted octanol–water partition coefficient (Wildman–Crippen LogP) is 3.31. The van der Waals surface area contributed by atoms with Gasteiger partial charge in [0.2, 0.25) is 0 Å². The average molecular weight is 263 g/mol. The standard InChI is InChI=1S/C16H25NO2/c1-5-16(18)15-9-8-14(12-13(15)4)19-11-10-17(6-2)7-3/h8-9,12H,5-7,10-11H2,1-4H3. The lowest BCUT2D eigenvalue weighted by molar-refractivity contribution is 0.0987. The number of benzene rings is 1. The molecule has 19 heavy (non-hydrogen) atoms. The van der Waals surface area contributed by atoms with Crippen molar-refractivity contribution in [3.05, 3.63) is 29.3 Å². The second kappa shape index (κ2) is 7.95. The summed E-state index contributed by atoms with van der Waals surface area (Å²) in [5.74, 6) is 1.03. The fourth-order valence-electron chi connectivity index (χ4n) is 2.06. The number of carbonyl (C=O) groups is 1. The molecule has 3 nitrogen and oxygen atoms in total. The van der Waals surface area contributed by atoms with E-state index in [-0.39, 0.29) is 5.78 Å². The van der Waals surface area contributed by atoms with Gasteiger partial charge in [0.15, 0.2) is 5.78 Å². The summed E-state index contributed by atoms with van der Waals surface area (Å²) in [4.78, 5) is 14.0. The van der Waals surface area contributed by atoms with Crippen molar-refractivity contribution in [1.82, 2.24) is 4.90 Å². The molecule has 3 heteroatoms. The summed E-state index contributed by atoms with van der Waals surface area (Å²) < 4.78 is 5.74. The van der Waals surface area contributed by atoms with Gasteiger partial charge in [-0.2, -0.15) is 0 Å². The highest BCUT2D eigenvalue weighted by Gasteiger charge is 2.08. The number of nitrogens with zero attached hydrogens (tertiary/aromatic N) is 1. The summed E-state index contributed by atoms with van der Waals surface area (Å²) in [7, 11) is 0. The minimum atomic E-state index is 0.187. The molecule has 0 aromatic heterocycles. The highest BCUT2D eigenvalue weighted by molar-refractivity contribution is 5.97. The average Bonchev–Trinajstić information content (AvgIpc) is 2.43. The van der Waals surface area contributed by atoms with E-state index in [0.29, 0.717) is 13.0 Å². The number of rotatable bonds is 8. The Kier molecular flexibility index (Phi) is 6.57. The maximum atomic E-state index is 11.7. The Bertz CT molecular complexity index is 411. The first-order chi connectivity index (χ1) is 9.12. The van der Waals surface area contributed by atoms with Gasteiger partial charge in [0.1, 0.15) is 12.4 Å². The van der Waals surface area contributed by atoms with Crippen molar-refractivity contribution >= 4 is 5.78 Å². The minimum absolute atomic E-state index is 0.187. The molecule has 0 atom stereocenters. The van der Waals surface area contributed by atoms with Crippen LogP contribution in [-0.2, 0) is 0 Å². The Morgan fingerprint density at radius 3 is 2.42 bits per heavy atom. The molecule has 0 saturated carbocycles. The van der Waals surface area contributed by atoms with Crippen LogP contribution in [0.4, 0.5) is 0 Å². The summed E-state index contributed by atoms with van der Waals surface area (Å²) in [5, 5.41) is 0. The molecule has 0 aliphatic rings. The number of ether oxygens (including phenoxy) is 1. The lowest BCUT2D eigenvalue weighted by Crippen LogP contribution is -2.27. The molecular formula is C16H25NO2. The summed E-state index contributed by atoms with van der Waals surface area (Å²) in [6.45, 7) is 11.9. The third-order valence-electron chi connectivity index (χ3n) is 3.39. The molecule has 0 saturated heterocycles. The van der Waals surface area contributed by atoms with Gasteiger partial charge in [-0.1, -0.05) is 20.8 Å². The van der Waals surface area contributed by atoms with E-state index in [4.69, 9.17) is 4.74 Å². The van der Waals surface area contributed by atoms with Crippen LogP contribution in [0.1, 0.15) is 43.1 Å². The number of carbonyl (C=O) groups excluding carboxylic acids is 1. The highest BCUT2D eigenvalue weighted by atomic mass is 16.5. The van der Waals surface area contributed by atoms with Gasteiger partial charge in [-0.3, -0.25) is 4.79 Å². The second-order valence-electron chi connectivity index (χ2n) is 4.63. The monoisotopic (exact) mass is 263 g/mol. The molecule has 106 valence electrons. The number of hydrogen-bond donors (Lipinski definition) is 0. The fraction of sp³-hybridized carbons (Fsp3) is 0.562. The molecule has 1 rings (SSSR count). The maximum absolute atomic E-state index is 11.7. The number of hydrogen-bond acceptors (Lipinski definition) is 3. The van der Waals surface area contributed by atoms with E-state index in [0.717, 1.165) is 36.5 Å². The van der Waals surface area contributed by atoms with Crippen LogP contribution in [0, 0.1) is 6.92 Å². The van der Waals surface area contributed by atoms with Crippen molar-refractivity contribution in [2.75, 3.05) is 26.2 Å². The summed E-state index contributed by atoms with van der Waals surface area (Å²) in [6, 6.07) is 5.71. The lowest BCUT2D eigenvalue weighted by Gasteiger charge is -2.18. The van der Waals surface area contributed by atoms with E-state index in [1.54, 1.807) is 0 Å². The van der Waals surface area contributed by atoms with Crippen molar-refractivity contribution in [2.45, 2.75) is 34.1 Å². The van der Waals surface area contributed by atoms with Crippen molar-refractivity contribution < 1.29 is 9.53 Å². The van der Waals surface area contributed by atoms with Crippen molar-refractivity contribution in [3.8, 4) is 5.75 Å². The zero-order valence-electron chi connectivity index (χ0n) is 12.5. The summed E-state index contributed by atoms with van der Waals surface area (Å²) in [6.07, 6.45) is 0.545. The molecule has 0 radical (unpaired) electrons. The van der Waals surface area contributed by atoms with E-state index in [2.05, 4.69) is 18.7 Å². The van der Waals surface area contributed by atoms with Crippen LogP contribution in [-0.4, -0.2) is 36.9 Å². The first-order valence-electron chi connectivity index (χ1n) is 7.11. The number of aryl methyl sites for hydroxylation is 1. The van der Waals surface area contributed by atoms with E-state index >= 15 is 0 Å². The topological polar surface area (TPSA) is 29.5 Å². The van der Waals surface area contributed by atoms with Gasteiger partial charge in [-0.05, 0) is 43.8 Å². The third kappa shape index (κ3) is 4.67. The molecule has 0 amide bonds. The zero-order chi connectivity index (χ0) is 14.3. The SMILES string of the molecule is CCC(=O)c1ccc(OCCN(CC)CC)cc1C. The second-order valence-corrected chi connectivity index (χ2v) is 4.63. The van der Waals surface area contributed by atoms with Gasteiger partial charge in [0, 0.05) is 18.5 Å². The van der Waals surface area contributed by atoms with Crippen molar-refractivity contribution in [1.29, 1.82) is 0 Å². The molecule has 0 aliphatic heterocycles. The Morgan fingerprint density at radius 2 is 1.89 bits per heavy atom. The fourth-order valence-corrected chi connectivity index (χ4v) is 2.06. The van der Waals surface area contributed by atoms with Crippen molar-refractivity contribution in [3.63, 3.8) is 0 Å². The molecule has 1 aromatic carbocycles. The van der Waals surface area contributed by atoms with E-state index in [1.165, 1.54) is 0 Å². The molecule has 0 heterocycles. The Morgan fingerprint density at radius 1 is 1.21 bits per heavy atom. The Balaban J connectivity index is 2.57. The number of ketones is 1. The van der Waals surface area contributed by atoms with E-state index < -0.39 is 0 Å². The normalized spacial score (nSPS) is 10.8. The van der Waals surface area contributed by atoms with Crippen LogP contribution in [0.3, 0.4) is 0 Å². The van der Waals surface area contributed by atoms with Gasteiger partial charge in [0.05, 0.1) is 0 Å². The van der Waals surface area contributed by atoms with E-state index in [9.17, 15) is 4.79 Å². The summed E-state index contributed by atoms with van der Waals surface area (Å²) in [5.41, 5.74) is 1.80. The Hall–Kier alpha value is -1.35. The van der Waals surface area contributed by atoms with Gasteiger partial charge in [-0.15, -0.1) is 0 Å². The molecule has 1 aromatic rings. The van der Waals surface area contributed by atoms with Crippen LogP contribution < -0.4 is 4.74 Å². The van der Waals surface area contributed by atoms with Crippen molar-refractivity contribution in [2.24, 2.45) is 0 Å². The molecule has 0 spiro atoms. The Labute approximate surface area is 116 Å². The van der Waals surface area contributed by atoms with Gasteiger partial charge in [-0.25, -0.2) is 0 Å². The van der Waals surface area contributed by atoms with Crippen LogP contribution in [0.15, 0.2) is 18.2 Å². The number of Topliss-reactive ketones (excluding diaryl/α,β-unsaturated/α-hetero) is 1. The van der Waals surface area contributed by atoms with Gasteiger partial charge >= 0.3 is 0 Å². The van der Waals surface area contributed by atoms with Crippen LogP contribution in [0.25, 0.3) is 0 Å². The summed E-state index contributed by atoms with van der Waals surface area (Å²) >= 11 is 0. The van der Waals surface area contributed by atoms with Gasteiger partial charge < -0.3 is 9.64 Å². The van der Waals surface area contributed by atoms with Crippen LogP contribution in [0.2, 0.25) is 0 Å². The third-order valence-corrected chi connectivity index (χ3v) is 3.39. The zero-order valence-corrected chi connectivity index (χ0v) is 12.5. The molecular weight excluding hydrogens is 238 g/mol. The molecule has 0 fully saturated rings. The van der Waals surface area contributed by atoms with Crippen LogP contribution in [0.5, 0.6) is 5.75 Å². The predicted molar refractivity (Wildman–Crippen MR) is 79.1 cm³/mol.